The lowest BCUT2D eigenvalue weighted by Gasteiger charge is -2.41. The van der Waals surface area contributed by atoms with Crippen molar-refractivity contribution in [1.82, 2.24) is 0 Å². The number of esters is 2. The van der Waals surface area contributed by atoms with Gasteiger partial charge in [0, 0.05) is 12.8 Å². The highest BCUT2D eigenvalue weighted by atomic mass is 31.2. The summed E-state index contributed by atoms with van der Waals surface area (Å²) in [7, 11) is -5.14. The van der Waals surface area contributed by atoms with Gasteiger partial charge < -0.3 is 39.9 Å². The minimum Gasteiger partial charge on any atom is -0.462 e. The first-order chi connectivity index (χ1) is 30.4. The van der Waals surface area contributed by atoms with Crippen LogP contribution in [0, 0.1) is 0 Å². The number of hydrogen-bond donors (Lipinski definition) is 6. The number of allylic oxidation sites excluding steroid dienone is 12. The zero-order valence-electron chi connectivity index (χ0n) is 38.3. The van der Waals surface area contributed by atoms with E-state index in [2.05, 4.69) is 68.5 Å². The highest BCUT2D eigenvalue weighted by Gasteiger charge is 2.51. The van der Waals surface area contributed by atoms with Crippen molar-refractivity contribution in [3.8, 4) is 0 Å². The molecule has 0 saturated heterocycles. The van der Waals surface area contributed by atoms with E-state index in [1.54, 1.807) is 0 Å². The van der Waals surface area contributed by atoms with E-state index in [4.69, 9.17) is 18.5 Å². The quantitative estimate of drug-likeness (QED) is 0.0148. The van der Waals surface area contributed by atoms with Crippen molar-refractivity contribution in [1.29, 1.82) is 0 Å². The van der Waals surface area contributed by atoms with Gasteiger partial charge >= 0.3 is 19.8 Å². The lowest BCUT2D eigenvalue weighted by atomic mass is 9.85. The number of phosphoric acid groups is 1. The molecule has 6 N–H and O–H groups in total. The van der Waals surface area contributed by atoms with Gasteiger partial charge in [0.15, 0.2) is 6.10 Å². The maximum absolute atomic E-state index is 12.8. The largest absolute Gasteiger partial charge is 0.472 e. The first-order valence-electron chi connectivity index (χ1n) is 23.7. The minimum atomic E-state index is -5.14. The van der Waals surface area contributed by atoms with Crippen LogP contribution in [0.15, 0.2) is 72.9 Å². The van der Waals surface area contributed by atoms with E-state index in [9.17, 15) is 44.6 Å². The Kier molecular flexibility index (Phi) is 35.7. The average Bonchev–Trinajstić information content (AvgIpc) is 3.26. The summed E-state index contributed by atoms with van der Waals surface area (Å²) in [5.74, 6) is -1.21. The molecule has 1 rings (SSSR count). The molecule has 0 spiro atoms. The highest BCUT2D eigenvalue weighted by Crippen LogP contribution is 2.47. The van der Waals surface area contributed by atoms with Gasteiger partial charge in [0.25, 0.3) is 0 Å². The van der Waals surface area contributed by atoms with E-state index in [-0.39, 0.29) is 12.8 Å². The predicted molar refractivity (Wildman–Crippen MR) is 249 cm³/mol. The molecule has 1 aliphatic rings. The summed E-state index contributed by atoms with van der Waals surface area (Å²) >= 11 is 0. The van der Waals surface area contributed by atoms with E-state index in [0.29, 0.717) is 19.3 Å². The van der Waals surface area contributed by atoms with Gasteiger partial charge in [-0.05, 0) is 77.0 Å². The van der Waals surface area contributed by atoms with Crippen LogP contribution in [0.2, 0.25) is 0 Å². The second-order valence-corrected chi connectivity index (χ2v) is 17.7. The fourth-order valence-corrected chi connectivity index (χ4v) is 7.65. The van der Waals surface area contributed by atoms with Gasteiger partial charge in [0.05, 0.1) is 6.61 Å². The molecule has 1 aliphatic carbocycles. The number of aliphatic hydroxyl groups is 5. The molecule has 0 radical (unpaired) electrons. The van der Waals surface area contributed by atoms with Gasteiger partial charge in [-0.25, -0.2) is 4.57 Å². The van der Waals surface area contributed by atoms with Gasteiger partial charge in [0.1, 0.15) is 43.2 Å². The molecule has 0 aliphatic heterocycles. The Balaban J connectivity index is 2.52. The molecule has 63 heavy (non-hydrogen) atoms. The molecule has 1 fully saturated rings. The Bertz CT molecular complexity index is 1380. The van der Waals surface area contributed by atoms with Crippen LogP contribution in [0.5, 0.6) is 0 Å². The second-order valence-electron chi connectivity index (χ2n) is 16.3. The number of unbranched alkanes of at least 4 members (excludes halogenated alkanes) is 14. The molecule has 13 nitrogen and oxygen atoms in total. The molecule has 362 valence electrons. The summed E-state index contributed by atoms with van der Waals surface area (Å²) in [6.45, 7) is 3.19. The van der Waals surface area contributed by atoms with Crippen molar-refractivity contribution in [2.75, 3.05) is 13.2 Å². The minimum absolute atomic E-state index is 0.0314. The van der Waals surface area contributed by atoms with Crippen LogP contribution in [0.3, 0.4) is 0 Å². The first kappa shape index (κ1) is 58.3. The van der Waals surface area contributed by atoms with Gasteiger partial charge in [0.2, 0.25) is 0 Å². The smallest absolute Gasteiger partial charge is 0.462 e. The van der Waals surface area contributed by atoms with Crippen molar-refractivity contribution < 1.29 is 63.1 Å². The normalized spacial score (nSPS) is 22.3. The molecule has 0 heterocycles. The van der Waals surface area contributed by atoms with E-state index in [1.807, 2.05) is 18.2 Å². The molecule has 0 aromatic rings. The molecule has 8 atom stereocenters. The molecular weight excluding hydrogens is 828 g/mol. The maximum atomic E-state index is 12.8. The van der Waals surface area contributed by atoms with E-state index in [0.717, 1.165) is 64.2 Å². The van der Waals surface area contributed by atoms with Crippen molar-refractivity contribution in [2.24, 2.45) is 0 Å². The fraction of sp³-hybridized carbons (Fsp3) is 0.714. The monoisotopic (exact) mass is 911 g/mol. The fourth-order valence-electron chi connectivity index (χ4n) is 6.68. The summed E-state index contributed by atoms with van der Waals surface area (Å²) in [5.41, 5.74) is 0. The number of aliphatic hydroxyl groups excluding tert-OH is 5. The molecule has 6 unspecified atom stereocenters. The molecule has 0 aromatic heterocycles. The number of hydrogen-bond acceptors (Lipinski definition) is 12. The van der Waals surface area contributed by atoms with Gasteiger partial charge in [-0.3, -0.25) is 18.6 Å². The molecular formula is C49H83O13P. The maximum Gasteiger partial charge on any atom is 0.472 e. The third kappa shape index (κ3) is 31.0. The second kappa shape index (κ2) is 38.5. The van der Waals surface area contributed by atoms with Gasteiger partial charge in [-0.1, -0.05) is 151 Å². The van der Waals surface area contributed by atoms with Crippen molar-refractivity contribution >= 4 is 19.8 Å². The van der Waals surface area contributed by atoms with Crippen LogP contribution in [0.4, 0.5) is 0 Å². The van der Waals surface area contributed by atoms with E-state index >= 15 is 0 Å². The third-order valence-electron chi connectivity index (χ3n) is 10.5. The topological polar surface area (TPSA) is 210 Å². The first-order valence-corrected chi connectivity index (χ1v) is 25.2. The highest BCUT2D eigenvalue weighted by molar-refractivity contribution is 7.47. The van der Waals surface area contributed by atoms with Gasteiger partial charge in [-0.15, -0.1) is 0 Å². The van der Waals surface area contributed by atoms with E-state index < -0.39 is 75.7 Å². The third-order valence-corrected chi connectivity index (χ3v) is 11.5. The molecule has 1 saturated carbocycles. The Labute approximate surface area is 378 Å². The number of rotatable bonds is 38. The lowest BCUT2D eigenvalue weighted by Crippen LogP contribution is -2.64. The number of ether oxygens (including phenoxy) is 2. The molecule has 14 heteroatoms. The Morgan fingerprint density at radius 2 is 0.889 bits per heavy atom. The lowest BCUT2D eigenvalue weighted by molar-refractivity contribution is -0.220. The Morgan fingerprint density at radius 3 is 1.41 bits per heavy atom. The Morgan fingerprint density at radius 1 is 0.492 bits per heavy atom. The summed E-state index contributed by atoms with van der Waals surface area (Å²) in [6, 6.07) is 0. The van der Waals surface area contributed by atoms with Crippen LogP contribution in [0.1, 0.15) is 168 Å². The summed E-state index contributed by atoms with van der Waals surface area (Å²) in [6.07, 6.45) is 35.4. The van der Waals surface area contributed by atoms with Crippen LogP contribution >= 0.6 is 7.82 Å². The van der Waals surface area contributed by atoms with Gasteiger partial charge in [-0.2, -0.15) is 0 Å². The molecule has 0 amide bonds. The summed E-state index contributed by atoms with van der Waals surface area (Å²) in [5, 5.41) is 50.2. The van der Waals surface area contributed by atoms with Crippen molar-refractivity contribution in [3.05, 3.63) is 72.9 Å². The summed E-state index contributed by atoms with van der Waals surface area (Å²) < 4.78 is 33.4. The van der Waals surface area contributed by atoms with Crippen molar-refractivity contribution in [3.63, 3.8) is 0 Å². The van der Waals surface area contributed by atoms with Crippen LogP contribution in [0.25, 0.3) is 0 Å². The van der Waals surface area contributed by atoms with Crippen LogP contribution in [-0.2, 0) is 32.7 Å². The van der Waals surface area contributed by atoms with Crippen LogP contribution < -0.4 is 0 Å². The standard InChI is InChI=1S/C49H83O13P/c1-3-5-7-9-11-13-15-17-19-20-21-22-24-26-28-30-32-34-36-38-43(51)61-41(40-60-63(57,58)62-49-47(55)45(53)44(52)46(54)48(49)56)39-59-42(50)37-35-33-31-29-27-25-23-18-16-14-12-10-8-6-4-2/h11,13,17-19,21-23,26,28,32,34,41,44-49,52-56H,3-10,12,14-16,20,24-25,27,29-31,33,35-40H2,1-2H3,(H,57,58)/b13-11+,19-17+,22-21+,23-18+,28-26+,34-32+/t41-,44?,45-,46?,47?,48?,49?/m1/s1. The summed E-state index contributed by atoms with van der Waals surface area (Å²) in [4.78, 5) is 35.7. The number of carbonyl (C=O) groups excluding carboxylic acids is 2. The number of carbonyl (C=O) groups is 2. The SMILES string of the molecule is CCCCC/C=C/C/C=C/C/C=C/C/C=C/C/C=C/CCC(=O)O[C@H](COC(=O)CCCCCCC/C=C/CCCCCCCC)COP(=O)(O)OC1C(O)C(O)C(O)[C@@H](O)C1O. The predicted octanol–water partition coefficient (Wildman–Crippen LogP) is 9.50. The molecule has 0 aromatic carbocycles. The average molecular weight is 911 g/mol. The van der Waals surface area contributed by atoms with E-state index in [1.165, 1.54) is 57.8 Å². The Hall–Kier alpha value is -2.71. The zero-order valence-corrected chi connectivity index (χ0v) is 39.2. The van der Waals surface area contributed by atoms with Crippen LogP contribution in [-0.4, -0.2) is 98.3 Å². The molecule has 0 bridgehead atoms. The van der Waals surface area contributed by atoms with Crippen molar-refractivity contribution in [2.45, 2.75) is 211 Å². The number of phosphoric ester groups is 1. The zero-order chi connectivity index (χ0) is 46.4.